The van der Waals surface area contributed by atoms with E-state index in [1.165, 1.54) is 30.3 Å². The minimum absolute atomic E-state index is 0.0327. The summed E-state index contributed by atoms with van der Waals surface area (Å²) >= 11 is 0. The highest BCUT2D eigenvalue weighted by molar-refractivity contribution is 7.91. The second kappa shape index (κ2) is 12.3. The lowest BCUT2D eigenvalue weighted by molar-refractivity contribution is -0.140. The summed E-state index contributed by atoms with van der Waals surface area (Å²) in [7, 11) is -3.14. The Morgan fingerprint density at radius 2 is 1.91 bits per heavy atom. The largest absolute Gasteiger partial charge is 0.494 e. The van der Waals surface area contributed by atoms with Gasteiger partial charge in [-0.2, -0.15) is 0 Å². The van der Waals surface area contributed by atoms with Crippen LogP contribution in [0.2, 0.25) is 0 Å². The van der Waals surface area contributed by atoms with Gasteiger partial charge in [0.2, 0.25) is 22.7 Å². The molecule has 2 N–H and O–H groups in total. The number of carbonyl (C=O) groups is 3. The highest BCUT2D eigenvalue weighted by Gasteiger charge is 2.64. The predicted molar refractivity (Wildman–Crippen MR) is 168 cm³/mol. The number of carbonyl (C=O) groups excluding carboxylic acids is 3. The number of alkyl halides is 1. The first-order valence-corrected chi connectivity index (χ1v) is 17.6. The average molecular weight is 675 g/mol. The van der Waals surface area contributed by atoms with Gasteiger partial charge in [0.1, 0.15) is 29.3 Å². The number of hydrogen-bond donors (Lipinski definition) is 2. The first-order valence-electron chi connectivity index (χ1n) is 16.1. The number of amides is 3. The van der Waals surface area contributed by atoms with Crippen LogP contribution in [-0.2, 0) is 24.4 Å². The van der Waals surface area contributed by atoms with Gasteiger partial charge < -0.3 is 19.7 Å². The summed E-state index contributed by atoms with van der Waals surface area (Å²) in [5, 5.41) is 1.19. The van der Waals surface area contributed by atoms with Crippen molar-refractivity contribution in [1.29, 1.82) is 0 Å². The normalized spacial score (nSPS) is 31.4. The molecule has 3 heterocycles. The molecule has 0 bridgehead atoms. The van der Waals surface area contributed by atoms with Gasteiger partial charge in [0.25, 0.3) is 15.9 Å². The topological polar surface area (TPSA) is 144 Å². The molecule has 6 rings (SSSR count). The Labute approximate surface area is 272 Å². The summed E-state index contributed by atoms with van der Waals surface area (Å²) < 4.78 is 67.6. The van der Waals surface area contributed by atoms with Gasteiger partial charge in [0, 0.05) is 37.0 Å². The van der Waals surface area contributed by atoms with E-state index in [2.05, 4.69) is 17.2 Å². The molecule has 0 spiro atoms. The Morgan fingerprint density at radius 3 is 2.64 bits per heavy atom. The first kappa shape index (κ1) is 33.1. The number of aromatic nitrogens is 1. The van der Waals surface area contributed by atoms with Crippen LogP contribution >= 0.6 is 0 Å². The summed E-state index contributed by atoms with van der Waals surface area (Å²) in [6.45, 7) is 4.14. The van der Waals surface area contributed by atoms with Gasteiger partial charge in [-0.25, -0.2) is 26.9 Å². The third-order valence-electron chi connectivity index (χ3n) is 9.80. The molecule has 2 aromatic rings. The maximum Gasteiger partial charge on any atom is 0.270 e. The fourth-order valence-electron chi connectivity index (χ4n) is 6.89. The molecule has 11 nitrogen and oxygen atoms in total. The van der Waals surface area contributed by atoms with Crippen LogP contribution in [-0.4, -0.2) is 72.4 Å². The van der Waals surface area contributed by atoms with Gasteiger partial charge in [-0.15, -0.1) is 0 Å². The van der Waals surface area contributed by atoms with Gasteiger partial charge in [-0.05, 0) is 55.7 Å². The Balaban J connectivity index is 1.29. The van der Waals surface area contributed by atoms with E-state index in [1.54, 1.807) is 12.1 Å². The quantitative estimate of drug-likeness (QED) is 0.439. The number of fused-ring (bicyclic) bond motifs is 3. The van der Waals surface area contributed by atoms with Crippen molar-refractivity contribution in [2.24, 2.45) is 17.8 Å². The van der Waals surface area contributed by atoms with E-state index in [0.717, 1.165) is 12.8 Å². The van der Waals surface area contributed by atoms with E-state index in [0.29, 0.717) is 28.9 Å². The van der Waals surface area contributed by atoms with Crippen molar-refractivity contribution in [1.82, 2.24) is 19.9 Å². The molecule has 2 aliphatic carbocycles. The van der Waals surface area contributed by atoms with Gasteiger partial charge >= 0.3 is 0 Å². The highest BCUT2D eigenvalue weighted by Crippen LogP contribution is 2.48. The molecule has 0 unspecified atom stereocenters. The van der Waals surface area contributed by atoms with Crippen molar-refractivity contribution in [2.75, 3.05) is 13.7 Å². The first-order chi connectivity index (χ1) is 22.2. The van der Waals surface area contributed by atoms with Gasteiger partial charge in [0.05, 0.1) is 25.2 Å². The second-order valence-corrected chi connectivity index (χ2v) is 15.5. The van der Waals surface area contributed by atoms with Crippen LogP contribution in [0.4, 0.5) is 8.78 Å². The molecular formula is C33H40F2N4O7S. The van der Waals surface area contributed by atoms with Crippen LogP contribution in [0.5, 0.6) is 11.6 Å². The van der Waals surface area contributed by atoms with E-state index in [-0.39, 0.29) is 56.4 Å². The van der Waals surface area contributed by atoms with E-state index in [1.807, 2.05) is 17.7 Å². The number of ether oxygens (including phenoxy) is 2. The molecule has 1 saturated heterocycles. The molecule has 254 valence electrons. The van der Waals surface area contributed by atoms with E-state index in [4.69, 9.17) is 9.47 Å². The number of benzene rings is 1. The number of sulfonamides is 1. The molecule has 2 saturated carbocycles. The highest BCUT2D eigenvalue weighted by atomic mass is 32.2. The molecule has 2 aliphatic heterocycles. The van der Waals surface area contributed by atoms with Crippen molar-refractivity contribution in [3.05, 3.63) is 42.4 Å². The molecule has 14 heteroatoms. The van der Waals surface area contributed by atoms with Crippen LogP contribution in [0.25, 0.3) is 10.8 Å². The minimum atomic E-state index is -4.61. The smallest absolute Gasteiger partial charge is 0.270 e. The molecule has 1 aromatic heterocycles. The number of nitrogens with zero attached hydrogens (tertiary/aromatic N) is 2. The van der Waals surface area contributed by atoms with E-state index in [9.17, 15) is 31.6 Å². The number of hydrogen-bond acceptors (Lipinski definition) is 8. The summed E-state index contributed by atoms with van der Waals surface area (Å²) in [6.07, 6.45) is 6.75. The van der Waals surface area contributed by atoms with Crippen LogP contribution in [0.1, 0.15) is 65.2 Å². The summed E-state index contributed by atoms with van der Waals surface area (Å²) in [4.78, 5) is 47.0. The fourth-order valence-corrected chi connectivity index (χ4v) is 8.14. The van der Waals surface area contributed by atoms with E-state index >= 15 is 0 Å². The number of methoxy groups -OCH3 is 1. The van der Waals surface area contributed by atoms with Crippen LogP contribution < -0.4 is 19.5 Å². The Bertz CT molecular complexity index is 1730. The SMILES string of the molecule is COc1cnc(O[C@@H]2C[C@H]3C(=O)N[C@]4(C(=O)NS(=O)(=O)C5(F)CC5)C[C@H]4/C=C\CC[C@H](C)C[C@@H](C)CC(=O)N3C2)c2cc(F)ccc12. The standard InChI is InChI=1S/C33H40F2N4O7S/c1-19-6-4-5-7-21-16-33(21,31(42)38-47(43,44)32(35)10-11-32)37-29(41)26-15-23(18-39(26)28(40)13-20(2)12-19)46-30-25-14-22(34)8-9-24(25)27(45-3)17-36-30/h5,7-9,14,17,19-21,23,26H,4,6,10-13,15-16,18H2,1-3H3,(H,37,41)(H,38,42)/b7-5-/t19-,20+,21+,23+,26-,33+/m0/s1. The van der Waals surface area contributed by atoms with Crippen molar-refractivity contribution >= 4 is 38.5 Å². The average Bonchev–Trinajstić information content (AvgIpc) is 3.89. The lowest BCUT2D eigenvalue weighted by Crippen LogP contribution is -2.57. The predicted octanol–water partition coefficient (Wildman–Crippen LogP) is 3.91. The molecule has 3 amide bonds. The second-order valence-electron chi connectivity index (χ2n) is 13.6. The molecule has 1 aromatic carbocycles. The van der Waals surface area contributed by atoms with Crippen LogP contribution in [0.3, 0.4) is 0 Å². The number of nitrogens with one attached hydrogen (secondary N) is 2. The van der Waals surface area contributed by atoms with Crippen molar-refractivity contribution in [2.45, 2.75) is 87.9 Å². The van der Waals surface area contributed by atoms with Crippen LogP contribution in [0, 0.1) is 23.6 Å². The zero-order chi connectivity index (χ0) is 33.7. The molecule has 4 aliphatic rings. The lowest BCUT2D eigenvalue weighted by atomic mass is 9.91. The Hall–Kier alpha value is -3.81. The van der Waals surface area contributed by atoms with Crippen LogP contribution in [0.15, 0.2) is 36.5 Å². The van der Waals surface area contributed by atoms with Crippen molar-refractivity contribution in [3.8, 4) is 11.6 Å². The summed E-state index contributed by atoms with van der Waals surface area (Å²) in [5.74, 6) is -2.06. The Kier molecular flexibility index (Phi) is 8.69. The summed E-state index contributed by atoms with van der Waals surface area (Å²) in [5.41, 5.74) is -1.62. The number of rotatable bonds is 6. The van der Waals surface area contributed by atoms with E-state index < -0.39 is 56.3 Å². The fraction of sp³-hybridized carbons (Fsp3) is 0.576. The molecule has 47 heavy (non-hydrogen) atoms. The summed E-state index contributed by atoms with van der Waals surface area (Å²) in [6, 6.07) is 3.07. The zero-order valence-electron chi connectivity index (χ0n) is 26.6. The number of halogens is 2. The van der Waals surface area contributed by atoms with Gasteiger partial charge in [0.15, 0.2) is 0 Å². The van der Waals surface area contributed by atoms with Crippen molar-refractivity contribution in [3.63, 3.8) is 0 Å². The lowest BCUT2D eigenvalue weighted by Gasteiger charge is -2.27. The number of pyridine rings is 1. The minimum Gasteiger partial charge on any atom is -0.494 e. The maximum absolute atomic E-state index is 14.6. The van der Waals surface area contributed by atoms with Gasteiger partial charge in [-0.3, -0.25) is 14.4 Å². The third-order valence-corrected chi connectivity index (χ3v) is 11.6. The molecule has 0 radical (unpaired) electrons. The van der Waals surface area contributed by atoms with Gasteiger partial charge in [-0.1, -0.05) is 26.0 Å². The third kappa shape index (κ3) is 6.53. The Morgan fingerprint density at radius 1 is 1.15 bits per heavy atom. The monoisotopic (exact) mass is 674 g/mol. The molecule has 3 fully saturated rings. The molecular weight excluding hydrogens is 634 g/mol. The van der Waals surface area contributed by atoms with Crippen molar-refractivity contribution < 1.29 is 41.1 Å². The number of allylic oxidation sites excluding steroid dienone is 1. The maximum atomic E-state index is 14.6. The molecule has 6 atom stereocenters. The zero-order valence-corrected chi connectivity index (χ0v) is 27.4.